The Balaban J connectivity index is 1.76. The van der Waals surface area contributed by atoms with E-state index in [0.29, 0.717) is 46.9 Å². The van der Waals surface area contributed by atoms with Crippen molar-refractivity contribution >= 4 is 38.4 Å². The predicted molar refractivity (Wildman–Crippen MR) is 129 cm³/mol. The van der Waals surface area contributed by atoms with E-state index in [1.54, 1.807) is 19.9 Å². The van der Waals surface area contributed by atoms with Crippen molar-refractivity contribution in [2.45, 2.75) is 44.9 Å². The number of rotatable bonds is 3. The molecule has 3 aromatic rings. The van der Waals surface area contributed by atoms with Crippen LogP contribution in [0.4, 0.5) is 5.69 Å². The van der Waals surface area contributed by atoms with Crippen LogP contribution in [0.2, 0.25) is 0 Å². The predicted octanol–water partition coefficient (Wildman–Crippen LogP) is 2.69. The highest BCUT2D eigenvalue weighted by molar-refractivity contribution is 7.89. The van der Waals surface area contributed by atoms with Crippen molar-refractivity contribution in [1.82, 2.24) is 19.5 Å². The summed E-state index contributed by atoms with van der Waals surface area (Å²) in [5.74, 6) is -1.00. The topological polar surface area (TPSA) is 126 Å². The van der Waals surface area contributed by atoms with Gasteiger partial charge in [-0.1, -0.05) is 20.8 Å². The average molecular weight is 498 g/mol. The number of hydrogen-bond acceptors (Lipinski definition) is 7. The molecule has 0 saturated carbocycles. The number of imide groups is 1. The molecule has 5 rings (SSSR count). The Labute approximate surface area is 203 Å². The first-order valence-electron chi connectivity index (χ1n) is 11.4. The van der Waals surface area contributed by atoms with Gasteiger partial charge in [0.25, 0.3) is 11.8 Å². The van der Waals surface area contributed by atoms with Gasteiger partial charge in [-0.2, -0.15) is 9.40 Å². The number of amides is 2. The van der Waals surface area contributed by atoms with E-state index in [4.69, 9.17) is 9.72 Å². The minimum Gasteiger partial charge on any atom is -0.379 e. The molecule has 2 aliphatic rings. The number of morpholine rings is 1. The molecule has 11 heteroatoms. The van der Waals surface area contributed by atoms with Gasteiger partial charge in [0.05, 0.1) is 57.5 Å². The van der Waals surface area contributed by atoms with Gasteiger partial charge >= 0.3 is 0 Å². The molecule has 0 bridgehead atoms. The van der Waals surface area contributed by atoms with E-state index in [9.17, 15) is 18.0 Å². The Kier molecular flexibility index (Phi) is 5.35. The van der Waals surface area contributed by atoms with Gasteiger partial charge in [0.1, 0.15) is 0 Å². The van der Waals surface area contributed by atoms with Crippen LogP contribution in [-0.2, 0) is 20.2 Å². The molecule has 184 valence electrons. The minimum atomic E-state index is -3.81. The van der Waals surface area contributed by atoms with Crippen LogP contribution in [0.25, 0.3) is 10.9 Å². The summed E-state index contributed by atoms with van der Waals surface area (Å²) in [6.07, 6.45) is 0. The molecular weight excluding hydrogens is 470 g/mol. The maximum absolute atomic E-state index is 13.8. The van der Waals surface area contributed by atoms with E-state index in [1.807, 2.05) is 20.8 Å². The molecule has 4 heterocycles. The van der Waals surface area contributed by atoms with Crippen molar-refractivity contribution in [2.24, 2.45) is 0 Å². The fourth-order valence-electron chi connectivity index (χ4n) is 4.71. The zero-order valence-corrected chi connectivity index (χ0v) is 21.1. The van der Waals surface area contributed by atoms with Crippen LogP contribution in [0, 0.1) is 13.8 Å². The van der Waals surface area contributed by atoms with E-state index in [1.165, 1.54) is 16.4 Å². The van der Waals surface area contributed by atoms with Gasteiger partial charge in [-0.05, 0) is 32.0 Å². The Morgan fingerprint density at radius 2 is 1.69 bits per heavy atom. The second-order valence-corrected chi connectivity index (χ2v) is 11.8. The molecule has 1 saturated heterocycles. The van der Waals surface area contributed by atoms with Gasteiger partial charge in [0, 0.05) is 23.9 Å². The maximum Gasteiger partial charge on any atom is 0.268 e. The van der Waals surface area contributed by atoms with Gasteiger partial charge < -0.3 is 4.74 Å². The van der Waals surface area contributed by atoms with Crippen LogP contribution in [-0.4, -0.2) is 66.0 Å². The summed E-state index contributed by atoms with van der Waals surface area (Å²) >= 11 is 0. The second kappa shape index (κ2) is 7.94. The van der Waals surface area contributed by atoms with Crippen LogP contribution < -0.4 is 4.90 Å². The number of H-pyrrole nitrogens is 1. The van der Waals surface area contributed by atoms with Crippen LogP contribution in [0.1, 0.15) is 58.6 Å². The van der Waals surface area contributed by atoms with Crippen molar-refractivity contribution < 1.29 is 22.7 Å². The first kappa shape index (κ1) is 23.6. The number of pyridine rings is 1. The highest BCUT2D eigenvalue weighted by Crippen LogP contribution is 2.40. The molecule has 0 atom stereocenters. The number of sulfonamides is 1. The molecule has 2 aliphatic heterocycles. The normalized spacial score (nSPS) is 17.5. The fourth-order valence-corrected chi connectivity index (χ4v) is 6.14. The lowest BCUT2D eigenvalue weighted by Gasteiger charge is -2.26. The molecule has 1 N–H and O–H groups in total. The Morgan fingerprint density at radius 1 is 1.03 bits per heavy atom. The molecule has 0 radical (unpaired) electrons. The quantitative estimate of drug-likeness (QED) is 0.552. The summed E-state index contributed by atoms with van der Waals surface area (Å²) in [5, 5.41) is 7.30. The second-order valence-electron chi connectivity index (χ2n) is 9.88. The molecule has 0 spiro atoms. The van der Waals surface area contributed by atoms with Crippen molar-refractivity contribution in [3.8, 4) is 0 Å². The SMILES string of the molecule is Cc1n[nH]c(C)c1N1C(=O)c2c(C(C)(C)C)nc3ccc(S(=O)(=O)N4CCOCC4)cc3c2C1=O. The average Bonchev–Trinajstić information content (AvgIpc) is 3.27. The number of nitrogens with zero attached hydrogens (tertiary/aromatic N) is 4. The largest absolute Gasteiger partial charge is 0.379 e. The third-order valence-electron chi connectivity index (χ3n) is 6.42. The highest BCUT2D eigenvalue weighted by atomic mass is 32.2. The maximum atomic E-state index is 13.8. The van der Waals surface area contributed by atoms with Crippen molar-refractivity contribution in [3.63, 3.8) is 0 Å². The summed E-state index contributed by atoms with van der Waals surface area (Å²) in [6, 6.07) is 4.57. The zero-order valence-electron chi connectivity index (χ0n) is 20.3. The minimum absolute atomic E-state index is 0.0498. The van der Waals surface area contributed by atoms with Crippen LogP contribution in [0.3, 0.4) is 0 Å². The summed E-state index contributed by atoms with van der Waals surface area (Å²) in [7, 11) is -3.81. The van der Waals surface area contributed by atoms with Gasteiger partial charge in [0.15, 0.2) is 0 Å². The van der Waals surface area contributed by atoms with Crippen molar-refractivity contribution in [2.75, 3.05) is 31.2 Å². The molecule has 35 heavy (non-hydrogen) atoms. The third-order valence-corrected chi connectivity index (χ3v) is 8.32. The molecule has 10 nitrogen and oxygen atoms in total. The van der Waals surface area contributed by atoms with Crippen molar-refractivity contribution in [1.29, 1.82) is 0 Å². The van der Waals surface area contributed by atoms with E-state index < -0.39 is 27.3 Å². The van der Waals surface area contributed by atoms with E-state index in [0.717, 1.165) is 4.90 Å². The molecule has 2 aromatic heterocycles. The molecule has 0 unspecified atom stereocenters. The monoisotopic (exact) mass is 497 g/mol. The van der Waals surface area contributed by atoms with E-state index in [2.05, 4.69) is 10.2 Å². The summed E-state index contributed by atoms with van der Waals surface area (Å²) in [4.78, 5) is 33.5. The lowest BCUT2D eigenvalue weighted by molar-refractivity contribution is 0.0730. The number of hydrogen-bond donors (Lipinski definition) is 1. The number of fused-ring (bicyclic) bond motifs is 3. The van der Waals surface area contributed by atoms with Crippen LogP contribution in [0.15, 0.2) is 23.1 Å². The number of ether oxygens (including phenoxy) is 1. The van der Waals surface area contributed by atoms with Crippen LogP contribution in [0.5, 0.6) is 0 Å². The molecule has 1 aromatic carbocycles. The molecule has 2 amide bonds. The summed E-state index contributed by atoms with van der Waals surface area (Å²) in [6.45, 7) is 10.4. The first-order chi connectivity index (χ1) is 16.4. The number of nitrogens with one attached hydrogen (secondary N) is 1. The van der Waals surface area contributed by atoms with Gasteiger partial charge in [0.2, 0.25) is 10.0 Å². The molecular formula is C24H27N5O5S. The lowest BCUT2D eigenvalue weighted by atomic mass is 9.86. The molecule has 1 fully saturated rings. The standard InChI is InChI=1S/C24H27N5O5S/c1-13-20(14(2)27-26-13)29-22(30)18-16-12-15(35(32,33)28-8-10-34-11-9-28)6-7-17(16)25-21(24(3,4)5)19(18)23(29)31/h6-7,12H,8-11H2,1-5H3,(H,26,27). The van der Waals surface area contributed by atoms with E-state index in [-0.39, 0.29) is 29.1 Å². The molecule has 0 aliphatic carbocycles. The van der Waals surface area contributed by atoms with Crippen molar-refractivity contribution in [3.05, 3.63) is 46.4 Å². The number of benzene rings is 1. The summed E-state index contributed by atoms with van der Waals surface area (Å²) < 4.78 is 33.3. The number of aromatic amines is 1. The van der Waals surface area contributed by atoms with E-state index >= 15 is 0 Å². The number of aromatic nitrogens is 3. The Bertz CT molecular complexity index is 1480. The Morgan fingerprint density at radius 3 is 2.29 bits per heavy atom. The highest BCUT2D eigenvalue weighted by Gasteiger charge is 2.44. The third kappa shape index (κ3) is 3.57. The van der Waals surface area contributed by atoms with Gasteiger partial charge in [-0.15, -0.1) is 0 Å². The van der Waals surface area contributed by atoms with Gasteiger partial charge in [-0.25, -0.2) is 13.3 Å². The number of carbonyl (C=O) groups excluding carboxylic acids is 2. The Hall–Kier alpha value is -3.15. The first-order valence-corrected chi connectivity index (χ1v) is 12.8. The fraction of sp³-hybridized carbons (Fsp3) is 0.417. The van der Waals surface area contributed by atoms with Gasteiger partial charge in [-0.3, -0.25) is 19.7 Å². The lowest BCUT2D eigenvalue weighted by Crippen LogP contribution is -2.40. The number of carbonyl (C=O) groups is 2. The number of aryl methyl sites for hydroxylation is 2. The van der Waals surface area contributed by atoms with Crippen LogP contribution >= 0.6 is 0 Å². The number of anilines is 1. The zero-order chi connectivity index (χ0) is 25.3. The smallest absolute Gasteiger partial charge is 0.268 e. The summed E-state index contributed by atoms with van der Waals surface area (Å²) in [5.41, 5.74) is 2.29.